The van der Waals surface area contributed by atoms with Gasteiger partial charge >= 0.3 is 0 Å². The second-order valence-electron chi connectivity index (χ2n) is 3.53. The molecule has 2 nitrogen and oxygen atoms in total. The van der Waals surface area contributed by atoms with Gasteiger partial charge in [-0.05, 0) is 19.8 Å². The molecule has 0 radical (unpaired) electrons. The first-order valence-corrected chi connectivity index (χ1v) is 6.23. The first-order chi connectivity index (χ1) is 5.90. The summed E-state index contributed by atoms with van der Waals surface area (Å²) in [7, 11) is 3.21. The first kappa shape index (κ1) is 10.3. The Morgan fingerprint density at radius 1 is 1.67 bits per heavy atom. The molecule has 12 heavy (non-hydrogen) atoms. The molecule has 0 aromatic heterocycles. The zero-order chi connectivity index (χ0) is 10.5. The maximum atomic E-state index is 10.7. The van der Waals surface area contributed by atoms with E-state index in [9.17, 15) is 4.79 Å². The van der Waals surface area contributed by atoms with Crippen LogP contribution in [0.25, 0.3) is 0 Å². The SMILES string of the molecule is [3H]NC(=O)CSSC(C)(C)C(C)C. The van der Waals surface area contributed by atoms with Gasteiger partial charge in [0.15, 0.2) is 1.41 Å². The molecule has 0 unspecified atom stereocenters. The standard InChI is InChI=1S/C8H17NOS2/c1-6(2)8(3,4)12-11-5-7(9)10/h6H,5H2,1-4H3,(H2,9,10)/i/hT. The van der Waals surface area contributed by atoms with E-state index >= 15 is 0 Å². The molecule has 0 bridgehead atoms. The lowest BCUT2D eigenvalue weighted by Crippen LogP contribution is -2.22. The van der Waals surface area contributed by atoms with Crippen LogP contribution < -0.4 is 5.73 Å². The van der Waals surface area contributed by atoms with Crippen molar-refractivity contribution < 1.29 is 6.21 Å². The van der Waals surface area contributed by atoms with E-state index in [-0.39, 0.29) is 10.7 Å². The Morgan fingerprint density at radius 2 is 2.25 bits per heavy atom. The third kappa shape index (κ3) is 4.93. The average Bonchev–Trinajstić information content (AvgIpc) is 2.03. The normalized spacial score (nSPS) is 12.9. The fraction of sp³-hybridized carbons (Fsp3) is 0.875. The molecule has 0 aromatic rings. The molecular formula is C8H17NOS2. The van der Waals surface area contributed by atoms with Gasteiger partial charge < -0.3 is 5.73 Å². The van der Waals surface area contributed by atoms with Crippen molar-refractivity contribution >= 4 is 27.5 Å². The second kappa shape index (κ2) is 5.02. The van der Waals surface area contributed by atoms with E-state index in [2.05, 4.69) is 27.7 Å². The quantitative estimate of drug-likeness (QED) is 0.706. The van der Waals surface area contributed by atoms with Gasteiger partial charge in [0.05, 0.1) is 5.75 Å². The number of carbonyl (C=O) groups is 1. The second-order valence-corrected chi connectivity index (χ2v) is 6.48. The van der Waals surface area contributed by atoms with Gasteiger partial charge in [-0.15, -0.1) is 0 Å². The number of amides is 1. The van der Waals surface area contributed by atoms with Crippen molar-refractivity contribution in [3.05, 3.63) is 0 Å². The van der Waals surface area contributed by atoms with Crippen molar-refractivity contribution in [3.8, 4) is 0 Å². The molecule has 0 aliphatic heterocycles. The Bertz CT molecular complexity index is 174. The summed E-state index contributed by atoms with van der Waals surface area (Å²) < 4.78 is 6.78. The van der Waals surface area contributed by atoms with E-state index in [0.29, 0.717) is 11.7 Å². The molecule has 0 aromatic carbocycles. The van der Waals surface area contributed by atoms with Gasteiger partial charge in [0, 0.05) is 4.75 Å². The number of hydrogen-bond acceptors (Lipinski definition) is 3. The fourth-order valence-electron chi connectivity index (χ4n) is 0.331. The molecule has 1 amide bonds. The third-order valence-electron chi connectivity index (χ3n) is 1.85. The first-order valence-electron chi connectivity index (χ1n) is 4.41. The molecule has 0 aliphatic carbocycles. The highest BCUT2D eigenvalue weighted by Gasteiger charge is 2.23. The number of nitrogens with two attached hydrogens (primary N) is 1. The smallest absolute Gasteiger partial charge is 0.228 e. The highest BCUT2D eigenvalue weighted by molar-refractivity contribution is 8.77. The monoisotopic (exact) mass is 209 g/mol. The summed E-state index contributed by atoms with van der Waals surface area (Å²) in [5, 5.41) is 0. The van der Waals surface area contributed by atoms with Crippen molar-refractivity contribution in [2.45, 2.75) is 32.4 Å². The van der Waals surface area contributed by atoms with Crippen LogP contribution in [-0.2, 0) is 4.79 Å². The van der Waals surface area contributed by atoms with E-state index in [0.717, 1.165) is 0 Å². The Labute approximate surface area is 83.9 Å². The minimum Gasteiger partial charge on any atom is -0.369 e. The van der Waals surface area contributed by atoms with Gasteiger partial charge in [0.25, 0.3) is 0 Å². The van der Waals surface area contributed by atoms with Crippen LogP contribution in [0.4, 0.5) is 0 Å². The summed E-state index contributed by atoms with van der Waals surface area (Å²) in [5.41, 5.74) is 1.86. The molecule has 72 valence electrons. The van der Waals surface area contributed by atoms with Crippen molar-refractivity contribution in [2.24, 2.45) is 11.6 Å². The summed E-state index contributed by atoms with van der Waals surface area (Å²) in [6, 6.07) is 0. The molecule has 0 fully saturated rings. The molecule has 4 heteroatoms. The van der Waals surface area contributed by atoms with Crippen LogP contribution in [-0.4, -0.2) is 16.4 Å². The van der Waals surface area contributed by atoms with Crippen LogP contribution in [0, 0.1) is 5.92 Å². The number of carbonyl (C=O) groups excluding carboxylic acids is 1. The molecule has 0 rings (SSSR count). The van der Waals surface area contributed by atoms with Crippen molar-refractivity contribution in [1.82, 2.24) is 0 Å². The summed E-state index contributed by atoms with van der Waals surface area (Å²) in [5.74, 6) is 0.686. The predicted octanol–water partition coefficient (Wildman–Crippen LogP) is 2.29. The van der Waals surface area contributed by atoms with Gasteiger partial charge in [0.1, 0.15) is 0 Å². The lowest BCUT2D eigenvalue weighted by molar-refractivity contribution is -0.115. The zero-order valence-electron chi connectivity index (χ0n) is 9.01. The van der Waals surface area contributed by atoms with Crippen LogP contribution >= 0.6 is 21.6 Å². The summed E-state index contributed by atoms with van der Waals surface area (Å²) in [6.45, 7) is 8.65. The third-order valence-corrected chi connectivity index (χ3v) is 5.25. The fourth-order valence-corrected chi connectivity index (χ4v) is 2.98. The van der Waals surface area contributed by atoms with Crippen LogP contribution in [0.2, 0.25) is 1.41 Å². The molecule has 0 saturated carbocycles. The summed E-state index contributed by atoms with van der Waals surface area (Å²) >= 11 is 0. The Morgan fingerprint density at radius 3 is 2.67 bits per heavy atom. The highest BCUT2D eigenvalue weighted by atomic mass is 33.1. The van der Waals surface area contributed by atoms with E-state index in [1.54, 1.807) is 10.8 Å². The van der Waals surface area contributed by atoms with Crippen molar-refractivity contribution in [3.63, 3.8) is 0 Å². The minimum atomic E-state index is -0.239. The molecule has 0 atom stereocenters. The average molecular weight is 209 g/mol. The van der Waals surface area contributed by atoms with E-state index in [1.807, 2.05) is 5.73 Å². The molecule has 0 saturated heterocycles. The van der Waals surface area contributed by atoms with Gasteiger partial charge in [-0.2, -0.15) is 0 Å². The van der Waals surface area contributed by atoms with Crippen molar-refractivity contribution in [2.75, 3.05) is 5.75 Å². The molecule has 0 aliphatic rings. The molecule has 2 N–H and O–H groups in total. The lowest BCUT2D eigenvalue weighted by atomic mass is 10.00. The predicted molar refractivity (Wildman–Crippen MR) is 58.2 cm³/mol. The van der Waals surface area contributed by atoms with Gasteiger partial charge in [-0.3, -0.25) is 4.79 Å². The van der Waals surface area contributed by atoms with E-state index in [1.165, 1.54) is 10.8 Å². The van der Waals surface area contributed by atoms with Crippen LogP contribution in [0.3, 0.4) is 0 Å². The molecular weight excluding hydrogens is 190 g/mol. The maximum absolute atomic E-state index is 10.7. The topological polar surface area (TPSA) is 43.1 Å². The maximum Gasteiger partial charge on any atom is 0.228 e. The zero-order valence-corrected chi connectivity index (χ0v) is 9.64. The summed E-state index contributed by atoms with van der Waals surface area (Å²) in [4.78, 5) is 10.7. The molecule has 0 heterocycles. The number of primary amides is 1. The van der Waals surface area contributed by atoms with Gasteiger partial charge in [-0.25, -0.2) is 0 Å². The van der Waals surface area contributed by atoms with Gasteiger partial charge in [-0.1, -0.05) is 35.4 Å². The minimum absolute atomic E-state index is 0.174. The molecule has 0 spiro atoms. The lowest BCUT2D eigenvalue weighted by Gasteiger charge is -2.27. The van der Waals surface area contributed by atoms with Gasteiger partial charge in [0.2, 0.25) is 5.91 Å². The number of hydrogen-bond donors (Lipinski definition) is 1. The Kier molecular flexibility index (Phi) is 4.29. The van der Waals surface area contributed by atoms with E-state index in [4.69, 9.17) is 1.41 Å². The Hall–Kier alpha value is 0.170. The van der Waals surface area contributed by atoms with Crippen LogP contribution in [0.15, 0.2) is 0 Å². The van der Waals surface area contributed by atoms with Crippen LogP contribution in [0.5, 0.6) is 0 Å². The van der Waals surface area contributed by atoms with E-state index < -0.39 is 0 Å². The Balaban J connectivity index is 3.70. The number of rotatable bonds is 5. The highest BCUT2D eigenvalue weighted by Crippen LogP contribution is 2.40. The summed E-state index contributed by atoms with van der Waals surface area (Å²) in [6.07, 6.45) is 0. The van der Waals surface area contributed by atoms with Crippen LogP contribution in [0.1, 0.15) is 27.7 Å². The largest absolute Gasteiger partial charge is 0.369 e. The van der Waals surface area contributed by atoms with Crippen molar-refractivity contribution in [1.29, 1.82) is 0 Å².